The first-order valence-corrected chi connectivity index (χ1v) is 5.88. The molecule has 16 heavy (non-hydrogen) atoms. The second-order valence-corrected chi connectivity index (χ2v) is 5.21. The Morgan fingerprint density at radius 2 is 2.25 bits per heavy atom. The van der Waals surface area contributed by atoms with Crippen molar-refractivity contribution in [3.8, 4) is 0 Å². The average Bonchev–Trinajstić information content (AvgIpc) is 2.61. The highest BCUT2D eigenvalue weighted by molar-refractivity contribution is 9.10. The van der Waals surface area contributed by atoms with Crippen LogP contribution in [-0.2, 0) is 0 Å². The van der Waals surface area contributed by atoms with Crippen LogP contribution in [0.15, 0.2) is 21.2 Å². The van der Waals surface area contributed by atoms with Crippen LogP contribution in [0, 0.1) is 5.41 Å². The molecule has 90 valence electrons. The molecule has 0 fully saturated rings. The van der Waals surface area contributed by atoms with Crippen LogP contribution in [-0.4, -0.2) is 24.2 Å². The summed E-state index contributed by atoms with van der Waals surface area (Å²) < 4.78 is 5.66. The van der Waals surface area contributed by atoms with E-state index in [2.05, 4.69) is 21.2 Å². The van der Waals surface area contributed by atoms with Gasteiger partial charge >= 0.3 is 0 Å². The van der Waals surface area contributed by atoms with Crippen LogP contribution < -0.4 is 5.32 Å². The van der Waals surface area contributed by atoms with Crippen LogP contribution in [0.3, 0.4) is 0 Å². The Hall–Kier alpha value is -0.810. The van der Waals surface area contributed by atoms with Crippen molar-refractivity contribution in [2.45, 2.75) is 20.3 Å². The number of aliphatic hydroxyl groups excluding tert-OH is 1. The maximum atomic E-state index is 11.6. The Labute approximate surface area is 103 Å². The fourth-order valence-electron chi connectivity index (χ4n) is 1.23. The molecule has 5 heteroatoms. The van der Waals surface area contributed by atoms with Gasteiger partial charge in [0.25, 0.3) is 5.91 Å². The van der Waals surface area contributed by atoms with Gasteiger partial charge in [-0.2, -0.15) is 0 Å². The molecule has 0 spiro atoms. The molecular weight excluding hydrogens is 274 g/mol. The number of hydrogen-bond acceptors (Lipinski definition) is 3. The summed E-state index contributed by atoms with van der Waals surface area (Å²) in [6.45, 7) is 4.60. The van der Waals surface area contributed by atoms with Gasteiger partial charge in [-0.15, -0.1) is 0 Å². The first kappa shape index (κ1) is 13.3. The summed E-state index contributed by atoms with van der Waals surface area (Å²) in [5.74, 6) is 0.0448. The van der Waals surface area contributed by atoms with Gasteiger partial charge in [0.2, 0.25) is 0 Å². The number of rotatable bonds is 5. The lowest BCUT2D eigenvalue weighted by Gasteiger charge is -2.23. The molecule has 1 amide bonds. The number of halogens is 1. The second-order valence-electron chi connectivity index (χ2n) is 4.42. The van der Waals surface area contributed by atoms with Crippen molar-refractivity contribution in [2.24, 2.45) is 5.41 Å². The van der Waals surface area contributed by atoms with Crippen molar-refractivity contribution < 1.29 is 14.3 Å². The molecule has 0 aliphatic rings. The minimum Gasteiger partial charge on any atom is -0.444 e. The molecule has 0 saturated heterocycles. The monoisotopic (exact) mass is 289 g/mol. The third kappa shape index (κ3) is 3.98. The zero-order valence-corrected chi connectivity index (χ0v) is 11.0. The highest BCUT2D eigenvalue weighted by atomic mass is 79.9. The number of carbonyl (C=O) groups is 1. The maximum absolute atomic E-state index is 11.6. The lowest BCUT2D eigenvalue weighted by atomic mass is 9.90. The number of nitrogens with one attached hydrogen (secondary N) is 1. The largest absolute Gasteiger partial charge is 0.444 e. The molecule has 1 aromatic heterocycles. The van der Waals surface area contributed by atoms with Crippen molar-refractivity contribution in [3.63, 3.8) is 0 Å². The Kier molecular flexibility index (Phi) is 4.56. The molecule has 0 aromatic carbocycles. The summed E-state index contributed by atoms with van der Waals surface area (Å²) >= 11 is 3.14. The quantitative estimate of drug-likeness (QED) is 0.873. The molecule has 2 N–H and O–H groups in total. The van der Waals surface area contributed by atoms with Gasteiger partial charge < -0.3 is 14.8 Å². The smallest absolute Gasteiger partial charge is 0.287 e. The molecule has 0 aliphatic heterocycles. The lowest BCUT2D eigenvalue weighted by molar-refractivity contribution is 0.0899. The van der Waals surface area contributed by atoms with Gasteiger partial charge in [-0.3, -0.25) is 4.79 Å². The number of hydrogen-bond donors (Lipinski definition) is 2. The summed E-state index contributed by atoms with van der Waals surface area (Å²) in [6.07, 6.45) is 0.648. The van der Waals surface area contributed by atoms with E-state index >= 15 is 0 Å². The van der Waals surface area contributed by atoms with Crippen molar-refractivity contribution in [3.05, 3.63) is 22.6 Å². The zero-order valence-electron chi connectivity index (χ0n) is 9.42. The van der Waals surface area contributed by atoms with E-state index in [0.717, 1.165) is 0 Å². The SMILES string of the molecule is CC(C)(CCO)CNC(=O)c1ccc(Br)o1. The van der Waals surface area contributed by atoms with E-state index in [1.54, 1.807) is 12.1 Å². The van der Waals surface area contributed by atoms with Crippen LogP contribution in [0.5, 0.6) is 0 Å². The predicted octanol–water partition coefficient (Wildman–Crippen LogP) is 2.18. The van der Waals surface area contributed by atoms with Gasteiger partial charge in [0.05, 0.1) is 0 Å². The van der Waals surface area contributed by atoms with E-state index < -0.39 is 0 Å². The minimum absolute atomic E-state index is 0.117. The van der Waals surface area contributed by atoms with Gasteiger partial charge in [0, 0.05) is 13.2 Å². The van der Waals surface area contributed by atoms with Crippen LogP contribution >= 0.6 is 15.9 Å². The zero-order chi connectivity index (χ0) is 12.2. The average molecular weight is 290 g/mol. The van der Waals surface area contributed by atoms with Gasteiger partial charge in [-0.25, -0.2) is 0 Å². The third-order valence-corrected chi connectivity index (χ3v) is 2.74. The Morgan fingerprint density at radius 1 is 1.56 bits per heavy atom. The summed E-state index contributed by atoms with van der Waals surface area (Å²) in [5.41, 5.74) is -0.117. The molecule has 0 unspecified atom stereocenters. The molecule has 1 rings (SSSR count). The number of amides is 1. The predicted molar refractivity (Wildman–Crippen MR) is 64.2 cm³/mol. The van der Waals surface area contributed by atoms with E-state index in [1.165, 1.54) is 0 Å². The first-order chi connectivity index (χ1) is 7.44. The van der Waals surface area contributed by atoms with Gasteiger partial charge in [0.1, 0.15) is 0 Å². The molecule has 0 aliphatic carbocycles. The minimum atomic E-state index is -0.239. The number of furan rings is 1. The lowest BCUT2D eigenvalue weighted by Crippen LogP contribution is -2.34. The summed E-state index contributed by atoms with van der Waals surface area (Å²) in [5, 5.41) is 11.6. The molecule has 0 bridgehead atoms. The van der Waals surface area contributed by atoms with Crippen LogP contribution in [0.1, 0.15) is 30.8 Å². The van der Waals surface area contributed by atoms with E-state index in [1.807, 2.05) is 13.8 Å². The topological polar surface area (TPSA) is 62.5 Å². The van der Waals surface area contributed by atoms with Crippen molar-refractivity contribution in [2.75, 3.05) is 13.2 Å². The normalized spacial score (nSPS) is 11.5. The van der Waals surface area contributed by atoms with Crippen molar-refractivity contribution >= 4 is 21.8 Å². The summed E-state index contributed by atoms with van der Waals surface area (Å²) in [7, 11) is 0. The second kappa shape index (κ2) is 5.50. The molecule has 1 aromatic rings. The number of aliphatic hydroxyl groups is 1. The fourth-order valence-corrected chi connectivity index (χ4v) is 1.54. The van der Waals surface area contributed by atoms with Crippen LogP contribution in [0.25, 0.3) is 0 Å². The first-order valence-electron chi connectivity index (χ1n) is 5.09. The highest BCUT2D eigenvalue weighted by Gasteiger charge is 2.19. The maximum Gasteiger partial charge on any atom is 0.287 e. The highest BCUT2D eigenvalue weighted by Crippen LogP contribution is 2.19. The van der Waals surface area contributed by atoms with Gasteiger partial charge in [-0.05, 0) is 39.9 Å². The van der Waals surface area contributed by atoms with Crippen LogP contribution in [0.4, 0.5) is 0 Å². The Balaban J connectivity index is 2.47. The molecule has 4 nitrogen and oxygen atoms in total. The standard InChI is InChI=1S/C11H16BrNO3/c1-11(2,5-6-14)7-13-10(15)8-3-4-9(12)16-8/h3-4,14H,5-7H2,1-2H3,(H,13,15). The van der Waals surface area contributed by atoms with E-state index in [-0.39, 0.29) is 23.7 Å². The molecule has 0 saturated carbocycles. The molecule has 0 radical (unpaired) electrons. The Morgan fingerprint density at radius 3 is 2.75 bits per heavy atom. The van der Waals surface area contributed by atoms with Crippen molar-refractivity contribution in [1.82, 2.24) is 5.32 Å². The third-order valence-electron chi connectivity index (χ3n) is 2.31. The van der Waals surface area contributed by atoms with Gasteiger partial charge in [0.15, 0.2) is 10.4 Å². The number of carbonyl (C=O) groups excluding carboxylic acids is 1. The van der Waals surface area contributed by atoms with E-state index in [0.29, 0.717) is 17.6 Å². The van der Waals surface area contributed by atoms with E-state index in [4.69, 9.17) is 9.52 Å². The fraction of sp³-hybridized carbons (Fsp3) is 0.545. The molecule has 1 heterocycles. The van der Waals surface area contributed by atoms with Gasteiger partial charge in [-0.1, -0.05) is 13.8 Å². The summed E-state index contributed by atoms with van der Waals surface area (Å²) in [6, 6.07) is 3.28. The Bertz CT molecular complexity index is 360. The molecule has 0 atom stereocenters. The summed E-state index contributed by atoms with van der Waals surface area (Å²) in [4.78, 5) is 11.6. The van der Waals surface area contributed by atoms with Crippen molar-refractivity contribution in [1.29, 1.82) is 0 Å². The van der Waals surface area contributed by atoms with Crippen LogP contribution in [0.2, 0.25) is 0 Å². The molecular formula is C11H16BrNO3. The van der Waals surface area contributed by atoms with E-state index in [9.17, 15) is 4.79 Å².